The third-order valence-corrected chi connectivity index (χ3v) is 11.4. The molecule has 2 aliphatic heterocycles. The van der Waals surface area contributed by atoms with Gasteiger partial charge in [-0.1, -0.05) is 47.5 Å². The molecule has 2 saturated heterocycles. The van der Waals surface area contributed by atoms with Crippen LogP contribution in [0, 0.1) is 31.9 Å². The largest absolute Gasteiger partial charge is 0.495 e. The maximum absolute atomic E-state index is 13.2. The lowest BCUT2D eigenvalue weighted by molar-refractivity contribution is -0.385. The molecule has 0 aromatic heterocycles. The van der Waals surface area contributed by atoms with Gasteiger partial charge in [-0.2, -0.15) is 0 Å². The van der Waals surface area contributed by atoms with Gasteiger partial charge >= 0.3 is 5.97 Å². The van der Waals surface area contributed by atoms with Crippen molar-refractivity contribution < 1.29 is 52.3 Å². The monoisotopic (exact) mass is 968 g/mol. The Labute approximate surface area is 394 Å². The third kappa shape index (κ3) is 14.5. The van der Waals surface area contributed by atoms with Gasteiger partial charge in [0.05, 0.1) is 63.9 Å². The normalized spacial score (nSPS) is 16.7. The van der Waals surface area contributed by atoms with Gasteiger partial charge in [0.1, 0.15) is 29.7 Å². The number of ether oxygens (including phenoxy) is 3. The van der Waals surface area contributed by atoms with Gasteiger partial charge in [0.25, 0.3) is 11.4 Å². The molecule has 1 N–H and O–H groups in total. The molecule has 4 aromatic carbocycles. The van der Waals surface area contributed by atoms with E-state index in [-0.39, 0.29) is 80.7 Å². The van der Waals surface area contributed by atoms with Crippen LogP contribution in [0.15, 0.2) is 84.9 Å². The number of hydrogen-bond acceptors (Lipinski definition) is 13. The lowest BCUT2D eigenvalue weighted by Crippen LogP contribution is -2.56. The van der Waals surface area contributed by atoms with E-state index in [2.05, 4.69) is 9.80 Å². The molecule has 0 radical (unpaired) electrons. The second kappa shape index (κ2) is 24.3. The van der Waals surface area contributed by atoms with Crippen molar-refractivity contribution >= 4 is 64.5 Å². The van der Waals surface area contributed by atoms with Crippen LogP contribution in [0.25, 0.3) is 12.2 Å². The predicted molar refractivity (Wildman–Crippen MR) is 245 cm³/mol. The number of nitrogens with zero attached hydrogens (tertiary/aromatic N) is 6. The van der Waals surface area contributed by atoms with Crippen molar-refractivity contribution in [2.24, 2.45) is 0 Å². The molecule has 2 atom stereocenters. The number of amides is 2. The number of nitro benzene ring substituents is 2. The van der Waals surface area contributed by atoms with Gasteiger partial charge in [-0.25, -0.2) is 8.78 Å². The van der Waals surface area contributed by atoms with E-state index in [0.717, 1.165) is 11.1 Å². The van der Waals surface area contributed by atoms with Crippen molar-refractivity contribution in [2.45, 2.75) is 32.1 Å². The lowest BCUT2D eigenvalue weighted by Gasteiger charge is -2.40. The number of aliphatic hydroxyl groups excluding tert-OH is 1. The number of piperazine rings is 2. The Balaban J connectivity index is 0.000000252. The quantitative estimate of drug-likeness (QED) is 0.0566. The second-order valence-corrected chi connectivity index (χ2v) is 16.2. The zero-order chi connectivity index (χ0) is 48.8. The van der Waals surface area contributed by atoms with Gasteiger partial charge < -0.3 is 29.1 Å². The summed E-state index contributed by atoms with van der Waals surface area (Å²) in [5, 5.41) is 32.8. The first-order valence-electron chi connectivity index (χ1n) is 20.7. The molecule has 4 aromatic rings. The van der Waals surface area contributed by atoms with Crippen molar-refractivity contribution in [1.82, 2.24) is 19.6 Å². The Bertz CT molecular complexity index is 2480. The fourth-order valence-electron chi connectivity index (χ4n) is 7.44. The van der Waals surface area contributed by atoms with E-state index in [9.17, 15) is 48.5 Å². The lowest BCUT2D eigenvalue weighted by atomic mass is 10.1. The number of hydrogen-bond donors (Lipinski definition) is 1. The summed E-state index contributed by atoms with van der Waals surface area (Å²) in [6.07, 6.45) is 5.17. The molecule has 0 saturated carbocycles. The minimum absolute atomic E-state index is 0.00372. The highest BCUT2D eigenvalue weighted by molar-refractivity contribution is 6.32. The van der Waals surface area contributed by atoms with Crippen LogP contribution in [0.3, 0.4) is 0 Å². The molecule has 6 rings (SSSR count). The molecule has 2 fully saturated rings. The molecule has 2 aliphatic rings. The van der Waals surface area contributed by atoms with Crippen LogP contribution < -0.4 is 9.47 Å². The molecular weight excluding hydrogens is 921 g/mol. The number of carbonyl (C=O) groups is 3. The standard InChI is InChI=1S/C24H25ClFN3O6.C22H23ClFN3O5/c1-16(30)35-15-20-14-27(13-17-3-6-19(26)7-4-17)9-10-28(20)24(31)8-5-18-11-23(34-2)21(25)12-22(18)29(32)33;1-32-21-10-16(20(27(30)31)11-19(21)23)4-7-22(29)26-9-8-25(13-18(26)14-28)12-15-2-5-17(24)6-3-15/h3-8,11-12,20H,9-10,13-15H2,1-2H3;2-7,10-11,18,28H,8-9,12-14H2,1H3/b8-5+;7-4+/t20-;18-/m00/s1. The van der Waals surface area contributed by atoms with E-state index in [1.807, 2.05) is 0 Å². The smallest absolute Gasteiger partial charge is 0.302 e. The van der Waals surface area contributed by atoms with E-state index in [0.29, 0.717) is 52.4 Å². The Morgan fingerprint density at radius 3 is 1.48 bits per heavy atom. The number of halogens is 4. The van der Waals surface area contributed by atoms with Gasteiger partial charge in [0.15, 0.2) is 0 Å². The van der Waals surface area contributed by atoms with Gasteiger partial charge in [-0.05, 0) is 59.7 Å². The van der Waals surface area contributed by atoms with Crippen molar-refractivity contribution in [3.63, 3.8) is 0 Å². The summed E-state index contributed by atoms with van der Waals surface area (Å²) in [5.41, 5.74) is 1.69. The number of carbonyl (C=O) groups excluding carboxylic acids is 3. The molecule has 0 aliphatic carbocycles. The zero-order valence-electron chi connectivity index (χ0n) is 36.7. The maximum atomic E-state index is 13.2. The van der Waals surface area contributed by atoms with E-state index in [1.165, 1.54) is 98.9 Å². The van der Waals surface area contributed by atoms with Crippen molar-refractivity contribution in [3.05, 3.63) is 149 Å². The number of methoxy groups -OCH3 is 2. The number of rotatable bonds is 15. The Morgan fingerprint density at radius 1 is 0.701 bits per heavy atom. The summed E-state index contributed by atoms with van der Waals surface area (Å²) < 4.78 is 41.7. The number of esters is 1. The minimum atomic E-state index is -0.590. The van der Waals surface area contributed by atoms with Crippen LogP contribution in [0.4, 0.5) is 20.2 Å². The molecule has 356 valence electrons. The summed E-state index contributed by atoms with van der Waals surface area (Å²) >= 11 is 12.0. The fourth-order valence-corrected chi connectivity index (χ4v) is 7.91. The molecule has 17 nitrogen and oxygen atoms in total. The molecule has 0 bridgehead atoms. The van der Waals surface area contributed by atoms with Crippen LogP contribution in [0.1, 0.15) is 29.2 Å². The molecule has 0 spiro atoms. The van der Waals surface area contributed by atoms with E-state index < -0.39 is 27.9 Å². The van der Waals surface area contributed by atoms with Crippen molar-refractivity contribution in [1.29, 1.82) is 0 Å². The second-order valence-electron chi connectivity index (χ2n) is 15.4. The van der Waals surface area contributed by atoms with Crippen LogP contribution in [-0.2, 0) is 32.2 Å². The SMILES string of the molecule is COc1cc(/C=C/C(=O)N2CCN(Cc3ccc(F)cc3)C[C@H]2CO)c([N+](=O)[O-])cc1Cl.COc1cc(/C=C/C(=O)N2CCN(Cc3ccc(F)cc3)C[C@H]2COC(C)=O)c([N+](=O)[O-])cc1Cl. The molecule has 67 heavy (non-hydrogen) atoms. The van der Waals surface area contributed by atoms with Gasteiger partial charge in [0, 0.05) is 83.6 Å². The van der Waals surface area contributed by atoms with Gasteiger partial charge in [-0.3, -0.25) is 44.4 Å². The Morgan fingerprint density at radius 2 is 1.10 bits per heavy atom. The maximum Gasteiger partial charge on any atom is 0.302 e. The Hall–Kier alpha value is -6.51. The number of benzene rings is 4. The first-order valence-corrected chi connectivity index (χ1v) is 21.4. The summed E-state index contributed by atoms with van der Waals surface area (Å²) in [6, 6.07) is 16.6. The molecule has 2 heterocycles. The fraction of sp³-hybridized carbons (Fsp3) is 0.326. The molecule has 21 heteroatoms. The van der Waals surface area contributed by atoms with Crippen molar-refractivity contribution in [3.8, 4) is 11.5 Å². The molecule has 2 amide bonds. The number of aliphatic hydroxyl groups is 1. The van der Waals surface area contributed by atoms with Crippen molar-refractivity contribution in [2.75, 3.05) is 66.7 Å². The van der Waals surface area contributed by atoms with Crippen LogP contribution in [0.5, 0.6) is 11.5 Å². The van der Waals surface area contributed by atoms with E-state index in [4.69, 9.17) is 37.4 Å². The average Bonchev–Trinajstić information content (AvgIpc) is 3.31. The first-order chi connectivity index (χ1) is 32.0. The van der Waals surface area contributed by atoms with Crippen LogP contribution in [-0.4, -0.2) is 131 Å². The van der Waals surface area contributed by atoms with Crippen LogP contribution >= 0.6 is 23.2 Å². The topological polar surface area (TPSA) is 198 Å². The summed E-state index contributed by atoms with van der Waals surface area (Å²) in [6.45, 7) is 4.91. The molecular formula is C46H48Cl2F2N6O11. The van der Waals surface area contributed by atoms with E-state index >= 15 is 0 Å². The van der Waals surface area contributed by atoms with Crippen LogP contribution in [0.2, 0.25) is 10.0 Å². The average molecular weight is 970 g/mol. The summed E-state index contributed by atoms with van der Waals surface area (Å²) in [5.74, 6) is -1.34. The zero-order valence-corrected chi connectivity index (χ0v) is 38.2. The highest BCUT2D eigenvalue weighted by atomic mass is 35.5. The number of nitro groups is 2. The van der Waals surface area contributed by atoms with Gasteiger partial charge in [0.2, 0.25) is 11.8 Å². The summed E-state index contributed by atoms with van der Waals surface area (Å²) in [7, 11) is 2.78. The predicted octanol–water partition coefficient (Wildman–Crippen LogP) is 6.80. The highest BCUT2D eigenvalue weighted by Gasteiger charge is 2.32. The third-order valence-electron chi connectivity index (χ3n) is 10.8. The highest BCUT2D eigenvalue weighted by Crippen LogP contribution is 2.34. The Kier molecular flexibility index (Phi) is 18.7. The van der Waals surface area contributed by atoms with Gasteiger partial charge in [-0.15, -0.1) is 0 Å². The molecule has 0 unspecified atom stereocenters. The van der Waals surface area contributed by atoms with E-state index in [1.54, 1.807) is 29.2 Å². The minimum Gasteiger partial charge on any atom is -0.495 e. The summed E-state index contributed by atoms with van der Waals surface area (Å²) in [4.78, 5) is 66.1. The first kappa shape index (κ1) is 51.5.